The lowest BCUT2D eigenvalue weighted by Gasteiger charge is -2.49. The lowest BCUT2D eigenvalue weighted by atomic mass is 10.0. The summed E-state index contributed by atoms with van der Waals surface area (Å²) in [5.74, 6) is -3.99. The summed E-state index contributed by atoms with van der Waals surface area (Å²) in [6.07, 6.45) is -0.446. The SMILES string of the molecule is CC(=O)CC(=O)OCC1=C(C(=O)O)N2C(=O)[C@@H](NC(=O)/C(=N/OCCO)c3csc(N)n3)[C@H]2SC1. The zero-order chi connectivity index (χ0) is 25.7. The standard InChI is InChI=1S/C19H21N5O9S2/c1-8(26)4-11(27)32-5-9-6-34-17-13(16(29)24(17)14(9)18(30)31)22-15(28)12(23-33-3-2-25)10-7-35-19(20)21-10/h7,13,17,25H,2-6H2,1H3,(H2,20,21)(H,22,28)(H,30,31)/b23-12+/t13-,17-/m1/s1. The van der Waals surface area contributed by atoms with Gasteiger partial charge in [-0.15, -0.1) is 23.1 Å². The van der Waals surface area contributed by atoms with Crippen LogP contribution in [0.5, 0.6) is 0 Å². The normalized spacial score (nSPS) is 19.5. The number of aliphatic carboxylic acids is 1. The quantitative estimate of drug-likeness (QED) is 0.0660. The number of nitrogen functional groups attached to an aromatic ring is 1. The number of carboxylic acid groups (broad SMARTS) is 1. The average molecular weight is 528 g/mol. The van der Waals surface area contributed by atoms with Crippen molar-refractivity contribution in [3.8, 4) is 0 Å². The third-order valence-electron chi connectivity index (χ3n) is 4.66. The summed E-state index contributed by atoms with van der Waals surface area (Å²) in [5.41, 5.74) is 5.28. The van der Waals surface area contributed by atoms with Gasteiger partial charge < -0.3 is 30.8 Å². The first-order valence-electron chi connectivity index (χ1n) is 10.0. The Kier molecular flexibility index (Phi) is 8.42. The lowest BCUT2D eigenvalue weighted by Crippen LogP contribution is -2.71. The van der Waals surface area contributed by atoms with Crippen molar-refractivity contribution in [2.75, 3.05) is 31.3 Å². The molecule has 2 atom stereocenters. The number of Topliss-reactive ketones (excluding diaryl/α,β-unsaturated/α-hetero) is 1. The summed E-state index contributed by atoms with van der Waals surface area (Å²) >= 11 is 2.22. The van der Waals surface area contributed by atoms with Crippen molar-refractivity contribution in [2.45, 2.75) is 24.8 Å². The molecular weight excluding hydrogens is 506 g/mol. The summed E-state index contributed by atoms with van der Waals surface area (Å²) in [5, 5.41) is 25.6. The van der Waals surface area contributed by atoms with Gasteiger partial charge in [0.25, 0.3) is 11.8 Å². The molecule has 188 valence electrons. The van der Waals surface area contributed by atoms with Crippen LogP contribution >= 0.6 is 23.1 Å². The Morgan fingerprint density at radius 2 is 2.11 bits per heavy atom. The van der Waals surface area contributed by atoms with E-state index in [-0.39, 0.29) is 46.8 Å². The van der Waals surface area contributed by atoms with Crippen LogP contribution in [0.15, 0.2) is 21.8 Å². The van der Waals surface area contributed by atoms with Gasteiger partial charge in [0.2, 0.25) is 0 Å². The molecular formula is C19H21N5O9S2. The van der Waals surface area contributed by atoms with Gasteiger partial charge in [-0.1, -0.05) is 5.16 Å². The molecule has 35 heavy (non-hydrogen) atoms. The van der Waals surface area contributed by atoms with Crippen LogP contribution in [0.25, 0.3) is 0 Å². The number of anilines is 1. The number of ketones is 1. The summed E-state index contributed by atoms with van der Waals surface area (Å²) in [4.78, 5) is 70.1. The molecule has 2 aliphatic rings. The third kappa shape index (κ3) is 5.95. The number of β-lactam (4-membered cyclic amide) rings is 1. The van der Waals surface area contributed by atoms with Gasteiger partial charge >= 0.3 is 11.9 Å². The van der Waals surface area contributed by atoms with E-state index in [1.165, 1.54) is 24.1 Å². The van der Waals surface area contributed by atoms with Crippen LogP contribution in [-0.4, -0.2) is 92.3 Å². The number of fused-ring (bicyclic) bond motifs is 1. The van der Waals surface area contributed by atoms with E-state index in [1.54, 1.807) is 0 Å². The second-order valence-corrected chi connectivity index (χ2v) is 9.22. The Labute approximate surface area is 206 Å². The highest BCUT2D eigenvalue weighted by Gasteiger charge is 2.54. The van der Waals surface area contributed by atoms with Crippen molar-refractivity contribution in [2.24, 2.45) is 5.16 Å². The Bertz CT molecular complexity index is 1120. The monoisotopic (exact) mass is 527 g/mol. The fourth-order valence-corrected chi connectivity index (χ4v) is 5.05. The van der Waals surface area contributed by atoms with Crippen LogP contribution in [-0.2, 0) is 33.5 Å². The number of aromatic nitrogens is 1. The minimum absolute atomic E-state index is 0.101. The predicted octanol–water partition coefficient (Wildman–Crippen LogP) is -1.30. The number of carbonyl (C=O) groups is 5. The number of amides is 2. The first-order valence-corrected chi connectivity index (χ1v) is 11.9. The Hall–Kier alpha value is -3.50. The molecule has 0 bridgehead atoms. The van der Waals surface area contributed by atoms with Crippen LogP contribution < -0.4 is 11.1 Å². The molecule has 16 heteroatoms. The van der Waals surface area contributed by atoms with E-state index < -0.39 is 54.0 Å². The van der Waals surface area contributed by atoms with Gasteiger partial charge in [0, 0.05) is 16.7 Å². The number of esters is 1. The van der Waals surface area contributed by atoms with E-state index in [0.717, 1.165) is 16.2 Å². The van der Waals surface area contributed by atoms with Crippen molar-refractivity contribution >= 4 is 63.5 Å². The minimum atomic E-state index is -1.40. The van der Waals surface area contributed by atoms with Crippen LogP contribution in [0.2, 0.25) is 0 Å². The van der Waals surface area contributed by atoms with E-state index in [9.17, 15) is 29.1 Å². The van der Waals surface area contributed by atoms with Crippen molar-refractivity contribution in [1.82, 2.24) is 15.2 Å². The Morgan fingerprint density at radius 1 is 1.37 bits per heavy atom. The fourth-order valence-electron chi connectivity index (χ4n) is 3.18. The highest BCUT2D eigenvalue weighted by Crippen LogP contribution is 2.40. The maximum absolute atomic E-state index is 12.9. The third-order valence-corrected chi connectivity index (χ3v) is 6.67. The molecule has 1 aromatic heterocycles. The molecule has 0 spiro atoms. The number of rotatable bonds is 11. The van der Waals surface area contributed by atoms with Gasteiger partial charge in [-0.2, -0.15) is 0 Å². The number of thioether (sulfide) groups is 1. The summed E-state index contributed by atoms with van der Waals surface area (Å²) in [7, 11) is 0. The molecule has 0 aliphatic carbocycles. The molecule has 1 fully saturated rings. The largest absolute Gasteiger partial charge is 0.477 e. The van der Waals surface area contributed by atoms with Crippen molar-refractivity contribution in [1.29, 1.82) is 0 Å². The number of hydrogen-bond acceptors (Lipinski definition) is 13. The minimum Gasteiger partial charge on any atom is -0.477 e. The van der Waals surface area contributed by atoms with E-state index >= 15 is 0 Å². The van der Waals surface area contributed by atoms with E-state index in [1.807, 2.05) is 0 Å². The molecule has 2 amide bonds. The van der Waals surface area contributed by atoms with Crippen LogP contribution in [0, 0.1) is 0 Å². The number of carbonyl (C=O) groups excluding carboxylic acids is 4. The average Bonchev–Trinajstić information content (AvgIpc) is 3.23. The summed E-state index contributed by atoms with van der Waals surface area (Å²) in [6.45, 7) is 0.300. The van der Waals surface area contributed by atoms with Gasteiger partial charge in [-0.3, -0.25) is 24.1 Å². The fraction of sp³-hybridized carbons (Fsp3) is 0.421. The van der Waals surface area contributed by atoms with E-state index in [2.05, 4.69) is 15.5 Å². The van der Waals surface area contributed by atoms with Gasteiger partial charge in [-0.25, -0.2) is 9.78 Å². The highest BCUT2D eigenvalue weighted by atomic mass is 32.2. The maximum atomic E-state index is 12.9. The first kappa shape index (κ1) is 26.1. The molecule has 0 radical (unpaired) electrons. The molecule has 2 aliphatic heterocycles. The number of nitrogens with one attached hydrogen (secondary N) is 1. The van der Waals surface area contributed by atoms with Crippen LogP contribution in [0.1, 0.15) is 19.0 Å². The maximum Gasteiger partial charge on any atom is 0.352 e. The number of aliphatic hydroxyl groups excluding tert-OH is 1. The molecule has 0 aromatic carbocycles. The smallest absolute Gasteiger partial charge is 0.352 e. The summed E-state index contributed by atoms with van der Waals surface area (Å²) < 4.78 is 4.97. The van der Waals surface area contributed by atoms with Gasteiger partial charge in [0.15, 0.2) is 10.8 Å². The van der Waals surface area contributed by atoms with E-state index in [0.29, 0.717) is 0 Å². The molecule has 1 saturated heterocycles. The Morgan fingerprint density at radius 3 is 2.71 bits per heavy atom. The number of thiazole rings is 1. The molecule has 3 heterocycles. The zero-order valence-corrected chi connectivity index (χ0v) is 19.9. The van der Waals surface area contributed by atoms with Crippen molar-refractivity contribution in [3.63, 3.8) is 0 Å². The lowest BCUT2D eigenvalue weighted by molar-refractivity contribution is -0.150. The topological polar surface area (TPSA) is 211 Å². The van der Waals surface area contributed by atoms with Crippen LogP contribution in [0.4, 0.5) is 5.13 Å². The zero-order valence-electron chi connectivity index (χ0n) is 18.3. The Balaban J connectivity index is 1.74. The van der Waals surface area contributed by atoms with Gasteiger partial charge in [0.1, 0.15) is 48.2 Å². The van der Waals surface area contributed by atoms with Crippen molar-refractivity contribution < 1.29 is 43.8 Å². The molecule has 1 aromatic rings. The van der Waals surface area contributed by atoms with Gasteiger partial charge in [-0.05, 0) is 6.92 Å². The van der Waals surface area contributed by atoms with Crippen LogP contribution in [0.3, 0.4) is 0 Å². The molecule has 0 unspecified atom stereocenters. The highest BCUT2D eigenvalue weighted by molar-refractivity contribution is 8.00. The second kappa shape index (κ2) is 11.3. The number of carboxylic acids is 1. The second-order valence-electron chi connectivity index (χ2n) is 7.23. The number of hydrogen-bond donors (Lipinski definition) is 4. The summed E-state index contributed by atoms with van der Waals surface area (Å²) in [6, 6.07) is -1.07. The molecule has 5 N–H and O–H groups in total. The number of nitrogens with zero attached hydrogens (tertiary/aromatic N) is 3. The van der Waals surface area contributed by atoms with Gasteiger partial charge in [0.05, 0.1) is 6.61 Å². The number of oxime groups is 1. The first-order chi connectivity index (χ1) is 16.6. The predicted molar refractivity (Wildman–Crippen MR) is 122 cm³/mol. The number of nitrogens with two attached hydrogens (primary N) is 1. The van der Waals surface area contributed by atoms with Crippen molar-refractivity contribution in [3.05, 3.63) is 22.3 Å². The number of ether oxygens (including phenoxy) is 1. The molecule has 3 rings (SSSR count). The molecule has 0 saturated carbocycles. The molecule has 14 nitrogen and oxygen atoms in total. The van der Waals surface area contributed by atoms with E-state index in [4.69, 9.17) is 20.4 Å². The number of aliphatic hydroxyl groups is 1.